The Morgan fingerprint density at radius 3 is 2.61 bits per heavy atom. The van der Waals surface area contributed by atoms with Gasteiger partial charge in [0.15, 0.2) is 0 Å². The predicted molar refractivity (Wildman–Crippen MR) is 73.9 cm³/mol. The zero-order chi connectivity index (χ0) is 12.8. The van der Waals surface area contributed by atoms with Gasteiger partial charge in [0.05, 0.1) is 5.54 Å². The summed E-state index contributed by atoms with van der Waals surface area (Å²) in [4.78, 5) is 4.31. The van der Waals surface area contributed by atoms with E-state index in [1.165, 1.54) is 37.7 Å². The van der Waals surface area contributed by atoms with Crippen molar-refractivity contribution in [3.8, 4) is 0 Å². The Balaban J connectivity index is 2.13. The van der Waals surface area contributed by atoms with Crippen molar-refractivity contribution in [2.45, 2.75) is 51.5 Å². The summed E-state index contributed by atoms with van der Waals surface area (Å²) in [5, 5.41) is 0. The van der Waals surface area contributed by atoms with Crippen molar-refractivity contribution < 1.29 is 0 Å². The van der Waals surface area contributed by atoms with Crippen LogP contribution in [0, 0.1) is 17.3 Å². The minimum absolute atomic E-state index is 0.145. The topological polar surface area (TPSA) is 38.9 Å². The lowest BCUT2D eigenvalue weighted by Gasteiger charge is -2.51. The molecular weight excluding hydrogens is 220 g/mol. The van der Waals surface area contributed by atoms with Gasteiger partial charge in [0, 0.05) is 12.4 Å². The molecular formula is C16H24N2. The van der Waals surface area contributed by atoms with Gasteiger partial charge in [0.25, 0.3) is 0 Å². The van der Waals surface area contributed by atoms with Gasteiger partial charge in [-0.3, -0.25) is 4.98 Å². The molecule has 1 aromatic heterocycles. The normalized spacial score (nSPS) is 37.1. The second-order valence-corrected chi connectivity index (χ2v) is 6.18. The molecule has 1 unspecified atom stereocenters. The summed E-state index contributed by atoms with van der Waals surface area (Å²) < 4.78 is 0. The van der Waals surface area contributed by atoms with Crippen molar-refractivity contribution in [1.29, 1.82) is 0 Å². The number of nitrogens with zero attached hydrogens (tertiary/aromatic N) is 1. The molecule has 98 valence electrons. The Bertz CT molecular complexity index is 424. The average molecular weight is 244 g/mol. The molecule has 0 saturated heterocycles. The molecule has 2 heteroatoms. The van der Waals surface area contributed by atoms with E-state index < -0.39 is 0 Å². The first kappa shape index (κ1) is 12.2. The third kappa shape index (κ3) is 1.25. The summed E-state index contributed by atoms with van der Waals surface area (Å²) in [6.07, 6.45) is 10.2. The molecule has 3 rings (SSSR count). The van der Waals surface area contributed by atoms with Gasteiger partial charge in [0.2, 0.25) is 0 Å². The smallest absolute Gasteiger partial charge is 0.0513 e. The van der Waals surface area contributed by atoms with E-state index in [9.17, 15) is 0 Å². The maximum Gasteiger partial charge on any atom is 0.0513 e. The molecule has 1 aromatic rings. The number of pyridine rings is 1. The van der Waals surface area contributed by atoms with E-state index in [1.807, 2.05) is 18.5 Å². The molecule has 2 nitrogen and oxygen atoms in total. The maximum absolute atomic E-state index is 7.03. The van der Waals surface area contributed by atoms with Crippen LogP contribution in [0.25, 0.3) is 0 Å². The molecule has 2 aliphatic carbocycles. The van der Waals surface area contributed by atoms with Gasteiger partial charge < -0.3 is 5.73 Å². The molecule has 2 fully saturated rings. The van der Waals surface area contributed by atoms with E-state index in [1.54, 1.807) is 0 Å². The van der Waals surface area contributed by atoms with Gasteiger partial charge in [0.1, 0.15) is 0 Å². The van der Waals surface area contributed by atoms with Crippen molar-refractivity contribution >= 4 is 0 Å². The van der Waals surface area contributed by atoms with Crippen molar-refractivity contribution in [3.63, 3.8) is 0 Å². The van der Waals surface area contributed by atoms with Crippen LogP contribution in [0.2, 0.25) is 0 Å². The van der Waals surface area contributed by atoms with E-state index in [-0.39, 0.29) is 5.54 Å². The monoisotopic (exact) mass is 244 g/mol. The summed E-state index contributed by atoms with van der Waals surface area (Å²) in [7, 11) is 0. The van der Waals surface area contributed by atoms with Crippen molar-refractivity contribution in [2.24, 2.45) is 23.0 Å². The van der Waals surface area contributed by atoms with Crippen LogP contribution < -0.4 is 5.73 Å². The van der Waals surface area contributed by atoms with Crippen LogP contribution >= 0.6 is 0 Å². The molecule has 3 atom stereocenters. The molecule has 2 saturated carbocycles. The van der Waals surface area contributed by atoms with Crippen molar-refractivity contribution in [1.82, 2.24) is 4.98 Å². The first-order valence-corrected chi connectivity index (χ1v) is 7.38. The molecule has 2 bridgehead atoms. The highest BCUT2D eigenvalue weighted by Crippen LogP contribution is 2.67. The molecule has 0 amide bonds. The Morgan fingerprint density at radius 2 is 2.00 bits per heavy atom. The molecule has 0 aliphatic heterocycles. The summed E-state index contributed by atoms with van der Waals surface area (Å²) in [5.41, 5.74) is 8.44. The number of hydrogen-bond acceptors (Lipinski definition) is 2. The van der Waals surface area contributed by atoms with E-state index >= 15 is 0 Å². The third-order valence-corrected chi connectivity index (χ3v) is 6.08. The van der Waals surface area contributed by atoms with Crippen LogP contribution in [0.1, 0.15) is 51.5 Å². The van der Waals surface area contributed by atoms with Crippen LogP contribution in [0.3, 0.4) is 0 Å². The standard InChI is InChI=1S/C16H24N2/c1-3-15(4-2)12-7-8-13(10-12)16(15,17)14-6-5-9-18-11-14/h5-6,9,11-13H,3-4,7-8,10,17H2,1-2H3/t12-,13?,16-/m0/s1. The predicted octanol–water partition coefficient (Wildman–Crippen LogP) is 3.47. The highest BCUT2D eigenvalue weighted by atomic mass is 14.9. The molecule has 1 heterocycles. The van der Waals surface area contributed by atoms with Gasteiger partial charge >= 0.3 is 0 Å². The fourth-order valence-electron chi connectivity index (χ4n) is 5.18. The first-order chi connectivity index (χ1) is 8.69. The number of aromatic nitrogens is 1. The number of nitrogens with two attached hydrogens (primary N) is 1. The van der Waals surface area contributed by atoms with Crippen LogP contribution in [-0.2, 0) is 5.54 Å². The van der Waals surface area contributed by atoms with Crippen LogP contribution in [0.5, 0.6) is 0 Å². The lowest BCUT2D eigenvalue weighted by Crippen LogP contribution is -2.56. The van der Waals surface area contributed by atoms with Crippen LogP contribution in [0.15, 0.2) is 24.5 Å². The highest BCUT2D eigenvalue weighted by Gasteiger charge is 2.64. The molecule has 0 aromatic carbocycles. The van der Waals surface area contributed by atoms with Gasteiger partial charge in [-0.2, -0.15) is 0 Å². The minimum Gasteiger partial charge on any atom is -0.321 e. The fraction of sp³-hybridized carbons (Fsp3) is 0.688. The third-order valence-electron chi connectivity index (χ3n) is 6.08. The summed E-state index contributed by atoms with van der Waals surface area (Å²) >= 11 is 0. The second kappa shape index (κ2) is 4.06. The zero-order valence-corrected chi connectivity index (χ0v) is 11.5. The van der Waals surface area contributed by atoms with E-state index in [0.29, 0.717) is 11.3 Å². The van der Waals surface area contributed by atoms with Crippen molar-refractivity contribution in [3.05, 3.63) is 30.1 Å². The fourth-order valence-corrected chi connectivity index (χ4v) is 5.18. The van der Waals surface area contributed by atoms with Crippen LogP contribution in [-0.4, -0.2) is 4.98 Å². The highest BCUT2D eigenvalue weighted by molar-refractivity contribution is 5.31. The van der Waals surface area contributed by atoms with Crippen molar-refractivity contribution in [2.75, 3.05) is 0 Å². The van der Waals surface area contributed by atoms with Crippen LogP contribution in [0.4, 0.5) is 0 Å². The number of fused-ring (bicyclic) bond motifs is 2. The Kier molecular flexibility index (Phi) is 2.74. The Morgan fingerprint density at radius 1 is 1.28 bits per heavy atom. The number of rotatable bonds is 3. The molecule has 0 radical (unpaired) electrons. The summed E-state index contributed by atoms with van der Waals surface area (Å²) in [6.45, 7) is 4.64. The largest absolute Gasteiger partial charge is 0.321 e. The van der Waals surface area contributed by atoms with E-state index in [2.05, 4.69) is 24.9 Å². The molecule has 2 N–H and O–H groups in total. The summed E-state index contributed by atoms with van der Waals surface area (Å²) in [6, 6.07) is 4.22. The minimum atomic E-state index is -0.145. The molecule has 18 heavy (non-hydrogen) atoms. The quantitative estimate of drug-likeness (QED) is 0.884. The average Bonchev–Trinajstić information content (AvgIpc) is 2.99. The van der Waals surface area contributed by atoms with Gasteiger partial charge in [-0.15, -0.1) is 0 Å². The van der Waals surface area contributed by atoms with Gasteiger partial charge in [-0.05, 0) is 61.0 Å². The lowest BCUT2D eigenvalue weighted by molar-refractivity contribution is 0.0352. The second-order valence-electron chi connectivity index (χ2n) is 6.18. The summed E-state index contributed by atoms with van der Waals surface area (Å²) in [5.74, 6) is 1.48. The Hall–Kier alpha value is -0.890. The van der Waals surface area contributed by atoms with E-state index in [0.717, 1.165) is 5.92 Å². The molecule has 0 spiro atoms. The number of hydrogen-bond donors (Lipinski definition) is 1. The lowest BCUT2D eigenvalue weighted by atomic mass is 9.56. The van der Waals surface area contributed by atoms with Gasteiger partial charge in [-0.25, -0.2) is 0 Å². The van der Waals surface area contributed by atoms with Gasteiger partial charge in [-0.1, -0.05) is 19.9 Å². The SMILES string of the molecule is CCC1(CC)[C@H]2CCC(C2)[C@]1(N)c1cccnc1. The zero-order valence-electron chi connectivity index (χ0n) is 11.5. The van der Waals surface area contributed by atoms with E-state index in [4.69, 9.17) is 5.73 Å². The first-order valence-electron chi connectivity index (χ1n) is 7.38. The maximum atomic E-state index is 7.03. The molecule has 2 aliphatic rings. The Labute approximate surface area is 110 Å².